The van der Waals surface area contributed by atoms with E-state index in [0.29, 0.717) is 23.9 Å². The lowest BCUT2D eigenvalue weighted by atomic mass is 9.84. The topological polar surface area (TPSA) is 83.1 Å². The molecule has 36 heavy (non-hydrogen) atoms. The maximum Gasteiger partial charge on any atom is 0.273 e. The van der Waals surface area contributed by atoms with Crippen LogP contribution in [0.2, 0.25) is 5.02 Å². The van der Waals surface area contributed by atoms with E-state index in [2.05, 4.69) is 9.88 Å². The maximum atomic E-state index is 13.0. The molecule has 2 atom stereocenters. The van der Waals surface area contributed by atoms with Gasteiger partial charge in [-0.05, 0) is 61.1 Å². The Morgan fingerprint density at radius 3 is 2.53 bits per heavy atom. The van der Waals surface area contributed by atoms with Gasteiger partial charge in [-0.1, -0.05) is 18.0 Å². The predicted octanol–water partition coefficient (Wildman–Crippen LogP) is 3.93. The summed E-state index contributed by atoms with van der Waals surface area (Å²) in [5.74, 6) is 0.216. The number of amides is 3. The average molecular weight is 509 g/mol. The number of hydrogen-bond acceptors (Lipinski definition) is 6. The summed E-state index contributed by atoms with van der Waals surface area (Å²) < 4.78 is 6.52. The summed E-state index contributed by atoms with van der Waals surface area (Å²) in [6, 6.07) is 7.84. The lowest BCUT2D eigenvalue weighted by Crippen LogP contribution is -2.57. The highest BCUT2D eigenvalue weighted by molar-refractivity contribution is 6.31. The molecule has 2 aromatic rings. The number of likely N-dealkylation sites (tertiary alicyclic amines) is 1. The van der Waals surface area contributed by atoms with E-state index in [1.807, 2.05) is 18.2 Å². The first-order chi connectivity index (χ1) is 17.5. The van der Waals surface area contributed by atoms with E-state index in [0.717, 1.165) is 59.3 Å². The van der Waals surface area contributed by atoms with E-state index < -0.39 is 0 Å². The van der Waals surface area contributed by atoms with Crippen molar-refractivity contribution in [2.75, 3.05) is 13.1 Å². The maximum absolute atomic E-state index is 13.0. The van der Waals surface area contributed by atoms with Crippen LogP contribution in [0, 0.1) is 0 Å². The smallest absolute Gasteiger partial charge is 0.273 e. The van der Waals surface area contributed by atoms with E-state index in [1.54, 1.807) is 18.5 Å². The molecule has 0 radical (unpaired) electrons. The van der Waals surface area contributed by atoms with Crippen LogP contribution in [-0.4, -0.2) is 62.9 Å². The number of aromatic nitrogens is 1. The van der Waals surface area contributed by atoms with Gasteiger partial charge in [0.25, 0.3) is 5.91 Å². The molecule has 0 N–H and O–H groups in total. The van der Waals surface area contributed by atoms with Crippen LogP contribution in [0.1, 0.15) is 72.3 Å². The normalized spacial score (nSPS) is 25.2. The van der Waals surface area contributed by atoms with Crippen molar-refractivity contribution < 1.29 is 19.1 Å². The SMILES string of the molecule is O=C1c2ccc(O[C@@H]3CCCC[C@H]3N3CC(c4ccncc4Cl)C3)cc2CN1N1C(=O)CCCC1=O. The van der Waals surface area contributed by atoms with Crippen LogP contribution < -0.4 is 4.74 Å². The molecule has 9 heteroatoms. The van der Waals surface area contributed by atoms with Crippen LogP contribution in [0.4, 0.5) is 0 Å². The van der Waals surface area contributed by atoms with Crippen LogP contribution >= 0.6 is 11.6 Å². The van der Waals surface area contributed by atoms with Gasteiger partial charge in [0.1, 0.15) is 11.9 Å². The molecule has 4 aliphatic rings. The quantitative estimate of drug-likeness (QED) is 0.569. The zero-order chi connectivity index (χ0) is 24.8. The highest BCUT2D eigenvalue weighted by Crippen LogP contribution is 2.38. The van der Waals surface area contributed by atoms with Gasteiger partial charge in [0.05, 0.1) is 11.6 Å². The van der Waals surface area contributed by atoms with Crippen LogP contribution in [0.3, 0.4) is 0 Å². The summed E-state index contributed by atoms with van der Waals surface area (Å²) in [5.41, 5.74) is 2.47. The molecule has 188 valence electrons. The molecule has 1 aliphatic carbocycles. The predicted molar refractivity (Wildman–Crippen MR) is 132 cm³/mol. The van der Waals surface area contributed by atoms with Crippen molar-refractivity contribution in [1.82, 2.24) is 19.9 Å². The molecular weight excluding hydrogens is 480 g/mol. The van der Waals surface area contributed by atoms with E-state index in [4.69, 9.17) is 16.3 Å². The number of fused-ring (bicyclic) bond motifs is 1. The van der Waals surface area contributed by atoms with Crippen molar-refractivity contribution in [3.8, 4) is 5.75 Å². The molecule has 0 spiro atoms. The zero-order valence-electron chi connectivity index (χ0n) is 20.1. The summed E-state index contributed by atoms with van der Waals surface area (Å²) in [6.07, 6.45) is 9.09. The molecule has 1 aromatic carbocycles. The third-order valence-electron chi connectivity index (χ3n) is 7.93. The molecular formula is C27H29ClN4O4. The van der Waals surface area contributed by atoms with Crippen molar-refractivity contribution in [2.45, 2.75) is 69.6 Å². The van der Waals surface area contributed by atoms with Gasteiger partial charge in [0, 0.05) is 55.8 Å². The molecule has 1 saturated carbocycles. The first kappa shape index (κ1) is 23.4. The Morgan fingerprint density at radius 1 is 0.972 bits per heavy atom. The number of rotatable bonds is 5. The second-order valence-corrected chi connectivity index (χ2v) is 10.6. The first-order valence-electron chi connectivity index (χ1n) is 12.8. The van der Waals surface area contributed by atoms with E-state index in [9.17, 15) is 14.4 Å². The Balaban J connectivity index is 1.14. The van der Waals surface area contributed by atoms with Gasteiger partial charge in [-0.3, -0.25) is 24.3 Å². The number of hydrogen-bond donors (Lipinski definition) is 0. The van der Waals surface area contributed by atoms with Gasteiger partial charge in [-0.2, -0.15) is 5.01 Å². The van der Waals surface area contributed by atoms with Gasteiger partial charge in [0.15, 0.2) is 0 Å². The Hall–Kier alpha value is -2.97. The minimum Gasteiger partial charge on any atom is -0.489 e. The fraction of sp³-hybridized carbons (Fsp3) is 0.481. The monoisotopic (exact) mass is 508 g/mol. The molecule has 3 fully saturated rings. The van der Waals surface area contributed by atoms with Crippen LogP contribution in [0.15, 0.2) is 36.7 Å². The summed E-state index contributed by atoms with van der Waals surface area (Å²) in [7, 11) is 0. The summed E-state index contributed by atoms with van der Waals surface area (Å²) >= 11 is 6.36. The lowest BCUT2D eigenvalue weighted by Gasteiger charge is -2.48. The molecule has 1 aromatic heterocycles. The number of ether oxygens (including phenoxy) is 1. The summed E-state index contributed by atoms with van der Waals surface area (Å²) in [5, 5.41) is 3.05. The zero-order valence-corrected chi connectivity index (χ0v) is 20.8. The number of imide groups is 1. The van der Waals surface area contributed by atoms with Gasteiger partial charge >= 0.3 is 0 Å². The van der Waals surface area contributed by atoms with Gasteiger partial charge in [-0.15, -0.1) is 0 Å². The Kier molecular flexibility index (Phi) is 6.17. The number of pyridine rings is 1. The van der Waals surface area contributed by atoms with Crippen molar-refractivity contribution in [3.05, 3.63) is 58.4 Å². The van der Waals surface area contributed by atoms with Crippen LogP contribution in [0.5, 0.6) is 5.75 Å². The molecule has 3 amide bonds. The number of benzene rings is 1. The molecule has 8 nitrogen and oxygen atoms in total. The molecule has 2 saturated heterocycles. The fourth-order valence-corrected chi connectivity index (χ4v) is 6.31. The number of carbonyl (C=O) groups excluding carboxylic acids is 3. The largest absolute Gasteiger partial charge is 0.489 e. The minimum absolute atomic E-state index is 0.0733. The molecule has 6 rings (SSSR count). The Morgan fingerprint density at radius 2 is 1.75 bits per heavy atom. The van der Waals surface area contributed by atoms with Gasteiger partial charge in [-0.25, -0.2) is 5.01 Å². The Labute approximate surface area is 215 Å². The molecule has 4 heterocycles. The van der Waals surface area contributed by atoms with E-state index >= 15 is 0 Å². The van der Waals surface area contributed by atoms with E-state index in [1.165, 1.54) is 11.4 Å². The van der Waals surface area contributed by atoms with E-state index in [-0.39, 0.29) is 43.2 Å². The van der Waals surface area contributed by atoms with Crippen molar-refractivity contribution >= 4 is 29.3 Å². The number of carbonyl (C=O) groups is 3. The average Bonchev–Trinajstić information content (AvgIpc) is 3.15. The second kappa shape index (κ2) is 9.48. The van der Waals surface area contributed by atoms with Crippen LogP contribution in [-0.2, 0) is 16.1 Å². The van der Waals surface area contributed by atoms with Crippen LogP contribution in [0.25, 0.3) is 0 Å². The number of hydrazine groups is 1. The standard InChI is InChI=1S/C27H29ClN4O4/c28-22-13-29-11-10-20(22)18-14-30(15-18)23-4-1-2-5-24(23)36-19-8-9-21-17(12-19)16-31(27(21)35)32-25(33)6-3-7-26(32)34/h8-13,18,23-24H,1-7,14-16H2/t23-,24-/m1/s1. The first-order valence-corrected chi connectivity index (χ1v) is 13.2. The molecule has 3 aliphatic heterocycles. The summed E-state index contributed by atoms with van der Waals surface area (Å²) in [4.78, 5) is 44.3. The Bertz CT molecular complexity index is 1200. The number of nitrogens with zero attached hydrogens (tertiary/aromatic N) is 4. The van der Waals surface area contributed by atoms with Crippen molar-refractivity contribution in [2.24, 2.45) is 0 Å². The molecule has 0 bridgehead atoms. The van der Waals surface area contributed by atoms with Crippen molar-refractivity contribution in [1.29, 1.82) is 0 Å². The molecule has 0 unspecified atom stereocenters. The lowest BCUT2D eigenvalue weighted by molar-refractivity contribution is -0.163. The third kappa shape index (κ3) is 4.16. The fourth-order valence-electron chi connectivity index (χ4n) is 6.03. The second-order valence-electron chi connectivity index (χ2n) is 10.2. The minimum atomic E-state index is -0.310. The van der Waals surface area contributed by atoms with Gasteiger partial charge < -0.3 is 4.74 Å². The highest BCUT2D eigenvalue weighted by Gasteiger charge is 2.41. The van der Waals surface area contributed by atoms with Gasteiger partial charge in [0.2, 0.25) is 11.8 Å². The van der Waals surface area contributed by atoms with Crippen molar-refractivity contribution in [3.63, 3.8) is 0 Å². The third-order valence-corrected chi connectivity index (χ3v) is 8.25. The highest BCUT2D eigenvalue weighted by atomic mass is 35.5. The number of halogens is 1. The number of piperidine rings is 1. The summed E-state index contributed by atoms with van der Waals surface area (Å²) in [6.45, 7) is 2.12.